The van der Waals surface area contributed by atoms with Crippen LogP contribution in [0.2, 0.25) is 0 Å². The molecular formula is C25H28F2N4O5. The summed E-state index contributed by atoms with van der Waals surface area (Å²) < 4.78 is 29.4. The zero-order valence-electron chi connectivity index (χ0n) is 20.0. The lowest BCUT2D eigenvalue weighted by molar-refractivity contribution is -0.227. The Hall–Kier alpha value is -3.31. The van der Waals surface area contributed by atoms with Crippen molar-refractivity contribution >= 4 is 11.8 Å². The third kappa shape index (κ3) is 3.68. The highest BCUT2D eigenvalue weighted by molar-refractivity contribution is 5.99. The van der Waals surface area contributed by atoms with Crippen LogP contribution in [0.25, 0.3) is 0 Å². The molecule has 4 atom stereocenters. The highest BCUT2D eigenvalue weighted by Gasteiger charge is 2.56. The van der Waals surface area contributed by atoms with Gasteiger partial charge < -0.3 is 20.3 Å². The first-order valence-corrected chi connectivity index (χ1v) is 12.0. The number of hydrogen-bond donors (Lipinski definition) is 2. The van der Waals surface area contributed by atoms with Gasteiger partial charge in [0, 0.05) is 36.5 Å². The average Bonchev–Trinajstić information content (AvgIpc) is 3.13. The van der Waals surface area contributed by atoms with Gasteiger partial charge in [-0.25, -0.2) is 8.78 Å². The number of fused-ring (bicyclic) bond motifs is 5. The molecule has 2 bridgehead atoms. The molecule has 3 aliphatic rings. The van der Waals surface area contributed by atoms with Gasteiger partial charge in [0.05, 0.1) is 12.6 Å². The van der Waals surface area contributed by atoms with Gasteiger partial charge >= 0.3 is 0 Å². The summed E-state index contributed by atoms with van der Waals surface area (Å²) in [5.74, 6) is -3.66. The van der Waals surface area contributed by atoms with Gasteiger partial charge in [-0.2, -0.15) is 5.06 Å². The molecule has 192 valence electrons. The number of nitrogens with zero attached hydrogens (tertiary/aromatic N) is 3. The molecule has 4 heterocycles. The molecule has 9 nitrogen and oxygen atoms in total. The van der Waals surface area contributed by atoms with E-state index in [2.05, 4.69) is 0 Å². The van der Waals surface area contributed by atoms with E-state index in [-0.39, 0.29) is 36.4 Å². The number of aromatic hydroxyl groups is 1. The summed E-state index contributed by atoms with van der Waals surface area (Å²) in [6.45, 7) is 4.21. The van der Waals surface area contributed by atoms with Gasteiger partial charge in [0.25, 0.3) is 11.8 Å². The van der Waals surface area contributed by atoms with E-state index in [9.17, 15) is 28.3 Å². The van der Waals surface area contributed by atoms with Crippen molar-refractivity contribution in [1.82, 2.24) is 14.5 Å². The van der Waals surface area contributed by atoms with Gasteiger partial charge in [-0.1, -0.05) is 13.0 Å². The van der Waals surface area contributed by atoms with Crippen LogP contribution in [0, 0.1) is 11.6 Å². The number of nitrogens with two attached hydrogens (primary N) is 1. The molecule has 2 amide bonds. The maximum atomic E-state index is 14.5. The van der Waals surface area contributed by atoms with Crippen LogP contribution in [0.3, 0.4) is 0 Å². The Morgan fingerprint density at radius 2 is 2.06 bits per heavy atom. The molecule has 1 aromatic carbocycles. The van der Waals surface area contributed by atoms with Gasteiger partial charge in [-0.05, 0) is 38.7 Å². The summed E-state index contributed by atoms with van der Waals surface area (Å²) in [6.07, 6.45) is 3.59. The molecule has 0 aliphatic carbocycles. The number of hydroxylamine groups is 2. The number of pyridine rings is 1. The van der Waals surface area contributed by atoms with Crippen molar-refractivity contribution in [2.24, 2.45) is 5.73 Å². The molecule has 3 N–H and O–H groups in total. The molecule has 5 rings (SSSR count). The van der Waals surface area contributed by atoms with Crippen molar-refractivity contribution in [1.29, 1.82) is 0 Å². The summed E-state index contributed by atoms with van der Waals surface area (Å²) >= 11 is 0. The molecule has 1 aromatic heterocycles. The van der Waals surface area contributed by atoms with Crippen molar-refractivity contribution in [3.05, 3.63) is 63.1 Å². The Morgan fingerprint density at radius 1 is 1.31 bits per heavy atom. The van der Waals surface area contributed by atoms with Crippen molar-refractivity contribution in [3.8, 4) is 5.75 Å². The molecule has 1 unspecified atom stereocenters. The van der Waals surface area contributed by atoms with Crippen molar-refractivity contribution < 1.29 is 28.3 Å². The van der Waals surface area contributed by atoms with Gasteiger partial charge in [-0.3, -0.25) is 19.2 Å². The fraction of sp³-hybridized carbons (Fsp3) is 0.480. The van der Waals surface area contributed by atoms with E-state index in [1.807, 2.05) is 13.8 Å². The first-order valence-electron chi connectivity index (χ1n) is 12.0. The second kappa shape index (κ2) is 8.67. The Bertz CT molecular complexity index is 1310. The quantitative estimate of drug-likeness (QED) is 0.663. The Morgan fingerprint density at radius 3 is 2.72 bits per heavy atom. The first kappa shape index (κ1) is 24.4. The molecule has 2 aromatic rings. The van der Waals surface area contributed by atoms with Crippen LogP contribution in [0.15, 0.2) is 29.2 Å². The van der Waals surface area contributed by atoms with E-state index in [0.29, 0.717) is 25.7 Å². The van der Waals surface area contributed by atoms with Crippen LogP contribution in [0.1, 0.15) is 72.0 Å². The largest absolute Gasteiger partial charge is 0.503 e. The fourth-order valence-electron chi connectivity index (χ4n) is 5.84. The van der Waals surface area contributed by atoms with Crippen LogP contribution in [0.4, 0.5) is 8.78 Å². The molecule has 2 saturated heterocycles. The zero-order valence-corrected chi connectivity index (χ0v) is 20.0. The number of primary amides is 1. The van der Waals surface area contributed by atoms with Crippen LogP contribution in [0.5, 0.6) is 5.75 Å². The third-order valence-electron chi connectivity index (χ3n) is 7.87. The summed E-state index contributed by atoms with van der Waals surface area (Å²) in [6, 6.07) is 2.58. The molecule has 2 fully saturated rings. The number of carbonyl (C=O) groups is 2. The van der Waals surface area contributed by atoms with E-state index in [0.717, 1.165) is 6.07 Å². The average molecular weight is 503 g/mol. The van der Waals surface area contributed by atoms with Crippen LogP contribution in [-0.4, -0.2) is 55.7 Å². The van der Waals surface area contributed by atoms with E-state index in [1.54, 1.807) is 9.96 Å². The Balaban J connectivity index is 1.61. The normalized spacial score (nSPS) is 27.8. The monoisotopic (exact) mass is 502 g/mol. The first-order chi connectivity index (χ1) is 17.1. The number of carbonyl (C=O) groups excluding carboxylic acids is 2. The molecule has 36 heavy (non-hydrogen) atoms. The Labute approximate surface area is 206 Å². The number of aromatic nitrogens is 1. The van der Waals surface area contributed by atoms with Crippen LogP contribution < -0.4 is 11.2 Å². The minimum atomic E-state index is -1.01. The topological polar surface area (TPSA) is 118 Å². The highest BCUT2D eigenvalue weighted by atomic mass is 19.1. The molecule has 1 spiro atoms. The predicted octanol–water partition coefficient (Wildman–Crippen LogP) is 2.47. The van der Waals surface area contributed by atoms with Crippen molar-refractivity contribution in [3.63, 3.8) is 0 Å². The Kier molecular flexibility index (Phi) is 5.87. The number of hydrogen-bond acceptors (Lipinski definition) is 6. The molecule has 0 radical (unpaired) electrons. The van der Waals surface area contributed by atoms with Crippen molar-refractivity contribution in [2.45, 2.75) is 69.8 Å². The third-order valence-corrected chi connectivity index (χ3v) is 7.87. The van der Waals surface area contributed by atoms with E-state index in [4.69, 9.17) is 10.6 Å². The zero-order chi connectivity index (χ0) is 25.9. The summed E-state index contributed by atoms with van der Waals surface area (Å²) in [4.78, 5) is 46.1. The minimum Gasteiger partial charge on any atom is -0.503 e. The molecule has 0 saturated carbocycles. The van der Waals surface area contributed by atoms with E-state index in [1.165, 1.54) is 22.9 Å². The fourth-order valence-corrected chi connectivity index (χ4v) is 5.84. The standard InChI is InChI=1S/C25H28F2N4O5/c1-3-16-9-25(36-31(16)10-14-4-5-15(26)8-18(14)27)7-6-13(2)29-12-19(25)30-11-17(23(28)34)21(32)22(33)20(30)24(29)35/h4-5,8,11,13,16,19,33H,3,6-7,9-10,12H2,1-2H3,(H2,28,34)/t13-,16?,19+,25-/m0/s1. The second-order valence-electron chi connectivity index (χ2n) is 9.93. The van der Waals surface area contributed by atoms with E-state index < -0.39 is 51.8 Å². The molecular weight excluding hydrogens is 474 g/mol. The summed E-state index contributed by atoms with van der Waals surface area (Å²) in [5.41, 5.74) is 3.20. The van der Waals surface area contributed by atoms with Gasteiger partial charge in [0.1, 0.15) is 22.8 Å². The highest BCUT2D eigenvalue weighted by Crippen LogP contribution is 2.49. The maximum absolute atomic E-state index is 14.5. The maximum Gasteiger partial charge on any atom is 0.274 e. The van der Waals surface area contributed by atoms with Gasteiger partial charge in [-0.15, -0.1) is 0 Å². The smallest absolute Gasteiger partial charge is 0.274 e. The second-order valence-corrected chi connectivity index (χ2v) is 9.93. The lowest BCUT2D eigenvalue weighted by atomic mass is 9.83. The number of amides is 2. The molecule has 11 heteroatoms. The van der Waals surface area contributed by atoms with E-state index >= 15 is 0 Å². The van der Waals surface area contributed by atoms with Gasteiger partial charge in [0.15, 0.2) is 11.4 Å². The van der Waals surface area contributed by atoms with Crippen LogP contribution >= 0.6 is 0 Å². The number of rotatable bonds is 4. The summed E-state index contributed by atoms with van der Waals surface area (Å²) in [7, 11) is 0. The lowest BCUT2D eigenvalue weighted by Crippen LogP contribution is -2.52. The summed E-state index contributed by atoms with van der Waals surface area (Å²) in [5, 5.41) is 12.4. The minimum absolute atomic E-state index is 0.0894. The van der Waals surface area contributed by atoms with Crippen LogP contribution in [-0.2, 0) is 11.4 Å². The molecule has 3 aliphatic heterocycles. The predicted molar refractivity (Wildman–Crippen MR) is 124 cm³/mol. The lowest BCUT2D eigenvalue weighted by Gasteiger charge is -2.42. The van der Waals surface area contributed by atoms with Gasteiger partial charge in [0.2, 0.25) is 5.43 Å². The van der Waals surface area contributed by atoms with Crippen molar-refractivity contribution in [2.75, 3.05) is 6.54 Å². The SMILES string of the molecule is CCC1C[C@]2(CC[C@H](C)N3C[C@H]2n2cc(C(N)=O)c(=O)c(O)c2C3=O)ON1Cc1ccc(F)cc1F. The number of benzene rings is 1. The number of halogens is 2.